The summed E-state index contributed by atoms with van der Waals surface area (Å²) in [7, 11) is 0. The van der Waals surface area contributed by atoms with Crippen molar-refractivity contribution in [2.45, 2.75) is 83.6 Å². The number of hydrogen-bond acceptors (Lipinski definition) is 4. The van der Waals surface area contributed by atoms with Crippen molar-refractivity contribution in [3.05, 3.63) is 11.8 Å². The molecule has 32 heavy (non-hydrogen) atoms. The lowest BCUT2D eigenvalue weighted by Gasteiger charge is -2.43. The second kappa shape index (κ2) is 7.73. The summed E-state index contributed by atoms with van der Waals surface area (Å²) in [6.45, 7) is 6.09. The SMILES string of the molecule is CC1(C)CCN(C(=O)[C@H]2CC[C@@H]2C2=Nc3c(cnn3C3CCC(F)(F)CC3)C(=O)C2)CC1. The van der Waals surface area contributed by atoms with Crippen LogP contribution in [0, 0.1) is 17.3 Å². The summed E-state index contributed by atoms with van der Waals surface area (Å²) in [5.41, 5.74) is 1.53. The molecule has 2 saturated carbocycles. The molecule has 0 radical (unpaired) electrons. The van der Waals surface area contributed by atoms with Crippen LogP contribution in [0.15, 0.2) is 11.2 Å². The molecular formula is C24H32F2N4O2. The van der Waals surface area contributed by atoms with Gasteiger partial charge < -0.3 is 4.90 Å². The number of aliphatic imine (C=N–C) groups is 1. The second-order valence-electron chi connectivity index (χ2n) is 10.9. The standard InChI is InChI=1S/C24H32F2N4O2/c1-23(2)9-11-29(12-10-23)22(32)17-4-3-16(17)19-13-20(31)18-14-27-30(21(18)28-19)15-5-7-24(25,26)8-6-15/h14-17H,3-13H2,1-2H3/t16-,17-/m0/s1. The number of likely N-dealkylation sites (tertiary alicyclic amines) is 1. The van der Waals surface area contributed by atoms with Crippen LogP contribution >= 0.6 is 0 Å². The number of Topliss-reactive ketones (excluding diaryl/α,β-unsaturated/α-hetero) is 1. The van der Waals surface area contributed by atoms with Crippen molar-refractivity contribution in [2.24, 2.45) is 22.2 Å². The third-order valence-electron chi connectivity index (χ3n) is 8.14. The van der Waals surface area contributed by atoms with E-state index >= 15 is 0 Å². The Morgan fingerprint density at radius 1 is 1.06 bits per heavy atom. The van der Waals surface area contributed by atoms with Gasteiger partial charge in [0.1, 0.15) is 0 Å². The van der Waals surface area contributed by atoms with Gasteiger partial charge >= 0.3 is 0 Å². The molecule has 174 valence electrons. The van der Waals surface area contributed by atoms with Crippen molar-refractivity contribution in [3.8, 4) is 0 Å². The number of carbonyl (C=O) groups is 2. The summed E-state index contributed by atoms with van der Waals surface area (Å²) >= 11 is 0. The Bertz CT molecular complexity index is 947. The second-order valence-corrected chi connectivity index (χ2v) is 10.9. The Kier molecular flexibility index (Phi) is 5.25. The molecule has 1 aromatic rings. The third kappa shape index (κ3) is 3.90. The smallest absolute Gasteiger partial charge is 0.248 e. The number of halogens is 2. The number of rotatable bonds is 3. The van der Waals surface area contributed by atoms with Crippen LogP contribution < -0.4 is 0 Å². The van der Waals surface area contributed by atoms with Crippen LogP contribution in [0.2, 0.25) is 0 Å². The summed E-state index contributed by atoms with van der Waals surface area (Å²) in [4.78, 5) is 32.9. The van der Waals surface area contributed by atoms with E-state index in [1.165, 1.54) is 6.20 Å². The average molecular weight is 447 g/mol. The number of aromatic nitrogens is 2. The monoisotopic (exact) mass is 446 g/mol. The number of ketones is 1. The van der Waals surface area contributed by atoms with Crippen LogP contribution in [0.25, 0.3) is 0 Å². The van der Waals surface area contributed by atoms with Crippen molar-refractivity contribution >= 4 is 23.2 Å². The van der Waals surface area contributed by atoms with Crippen molar-refractivity contribution in [3.63, 3.8) is 0 Å². The Morgan fingerprint density at radius 2 is 1.75 bits per heavy atom. The van der Waals surface area contributed by atoms with E-state index in [9.17, 15) is 18.4 Å². The largest absolute Gasteiger partial charge is 0.342 e. The van der Waals surface area contributed by atoms with Gasteiger partial charge in [0.25, 0.3) is 0 Å². The topological polar surface area (TPSA) is 67.6 Å². The quantitative estimate of drug-likeness (QED) is 0.659. The molecule has 0 bridgehead atoms. The van der Waals surface area contributed by atoms with E-state index < -0.39 is 5.92 Å². The molecule has 0 N–H and O–H groups in total. The van der Waals surface area contributed by atoms with Crippen LogP contribution in [-0.4, -0.2) is 51.1 Å². The maximum Gasteiger partial charge on any atom is 0.248 e. The lowest BCUT2D eigenvalue weighted by atomic mass is 9.68. The first kappa shape index (κ1) is 21.7. The summed E-state index contributed by atoms with van der Waals surface area (Å²) in [5.74, 6) is -2.06. The minimum atomic E-state index is -2.61. The van der Waals surface area contributed by atoms with Crippen LogP contribution in [0.5, 0.6) is 0 Å². The number of carbonyl (C=O) groups excluding carboxylic acids is 2. The lowest BCUT2D eigenvalue weighted by Crippen LogP contribution is -2.49. The molecule has 2 atom stereocenters. The van der Waals surface area contributed by atoms with Crippen LogP contribution in [0.1, 0.15) is 88.0 Å². The number of nitrogens with zero attached hydrogens (tertiary/aromatic N) is 4. The first-order valence-electron chi connectivity index (χ1n) is 12.0. The molecule has 3 fully saturated rings. The molecule has 6 nitrogen and oxygen atoms in total. The van der Waals surface area contributed by atoms with Crippen molar-refractivity contribution in [1.82, 2.24) is 14.7 Å². The third-order valence-corrected chi connectivity index (χ3v) is 8.14. The van der Waals surface area contributed by atoms with Crippen molar-refractivity contribution in [2.75, 3.05) is 13.1 Å². The molecule has 1 aromatic heterocycles. The fourth-order valence-electron chi connectivity index (χ4n) is 5.61. The number of hydrogen-bond donors (Lipinski definition) is 0. The molecule has 3 heterocycles. The Balaban J connectivity index is 1.33. The minimum absolute atomic E-state index is 0.00595. The fraction of sp³-hybridized carbons (Fsp3) is 0.750. The molecule has 4 aliphatic rings. The maximum atomic E-state index is 13.6. The molecule has 0 aromatic carbocycles. The zero-order valence-electron chi connectivity index (χ0n) is 18.9. The van der Waals surface area contributed by atoms with Gasteiger partial charge in [0, 0.05) is 43.5 Å². The predicted molar refractivity (Wildman–Crippen MR) is 117 cm³/mol. The molecule has 5 rings (SSSR count). The zero-order valence-corrected chi connectivity index (χ0v) is 18.9. The molecular weight excluding hydrogens is 414 g/mol. The van der Waals surface area contributed by atoms with Gasteiger partial charge in [-0.05, 0) is 43.9 Å². The van der Waals surface area contributed by atoms with Gasteiger partial charge in [0.2, 0.25) is 11.8 Å². The van der Waals surface area contributed by atoms with Crippen LogP contribution in [0.4, 0.5) is 14.6 Å². The van der Waals surface area contributed by atoms with Crippen LogP contribution in [0.3, 0.4) is 0 Å². The molecule has 1 saturated heterocycles. The van der Waals surface area contributed by atoms with Gasteiger partial charge in [0.05, 0.1) is 24.2 Å². The highest BCUT2D eigenvalue weighted by molar-refractivity contribution is 6.16. The summed E-state index contributed by atoms with van der Waals surface area (Å²) in [5, 5.41) is 4.37. The van der Waals surface area contributed by atoms with Crippen molar-refractivity contribution in [1.29, 1.82) is 0 Å². The normalized spacial score (nSPS) is 29.8. The van der Waals surface area contributed by atoms with Crippen LogP contribution in [-0.2, 0) is 4.79 Å². The fourth-order valence-corrected chi connectivity index (χ4v) is 5.61. The van der Waals surface area contributed by atoms with E-state index in [-0.39, 0.29) is 54.2 Å². The predicted octanol–water partition coefficient (Wildman–Crippen LogP) is 4.97. The molecule has 2 aliphatic heterocycles. The Morgan fingerprint density at radius 3 is 2.38 bits per heavy atom. The number of alkyl halides is 2. The highest BCUT2D eigenvalue weighted by atomic mass is 19.3. The lowest BCUT2D eigenvalue weighted by molar-refractivity contribution is -0.141. The van der Waals surface area contributed by atoms with Gasteiger partial charge in [-0.15, -0.1) is 0 Å². The molecule has 2 aliphatic carbocycles. The summed E-state index contributed by atoms with van der Waals surface area (Å²) in [6.07, 6.45) is 5.81. The summed E-state index contributed by atoms with van der Waals surface area (Å²) < 4.78 is 28.9. The Hall–Kier alpha value is -2.12. The average Bonchev–Trinajstić information content (AvgIpc) is 3.11. The minimum Gasteiger partial charge on any atom is -0.342 e. The molecule has 1 amide bonds. The van der Waals surface area contributed by atoms with Gasteiger partial charge in [-0.25, -0.2) is 18.5 Å². The summed E-state index contributed by atoms with van der Waals surface area (Å²) in [6, 6.07) is -0.162. The van der Waals surface area contributed by atoms with Gasteiger partial charge in [-0.2, -0.15) is 5.10 Å². The van der Waals surface area contributed by atoms with E-state index in [0.29, 0.717) is 24.2 Å². The van der Waals surface area contributed by atoms with Gasteiger partial charge in [-0.3, -0.25) is 9.59 Å². The molecule has 0 unspecified atom stereocenters. The molecule has 8 heteroatoms. The van der Waals surface area contributed by atoms with Crippen molar-refractivity contribution < 1.29 is 18.4 Å². The number of piperidine rings is 1. The van der Waals surface area contributed by atoms with Gasteiger partial charge in [0.15, 0.2) is 11.6 Å². The number of fused-ring (bicyclic) bond motifs is 1. The van der Waals surface area contributed by atoms with E-state index in [4.69, 9.17) is 4.99 Å². The van der Waals surface area contributed by atoms with E-state index in [1.54, 1.807) is 4.68 Å². The maximum absolute atomic E-state index is 13.6. The van der Waals surface area contributed by atoms with E-state index in [2.05, 4.69) is 18.9 Å². The zero-order chi connectivity index (χ0) is 22.7. The molecule has 0 spiro atoms. The van der Waals surface area contributed by atoms with E-state index in [0.717, 1.165) is 44.5 Å². The first-order chi connectivity index (χ1) is 15.1. The highest BCUT2D eigenvalue weighted by Gasteiger charge is 2.45. The van der Waals surface area contributed by atoms with Gasteiger partial charge in [-0.1, -0.05) is 13.8 Å². The van der Waals surface area contributed by atoms with E-state index in [1.807, 2.05) is 4.90 Å². The highest BCUT2D eigenvalue weighted by Crippen LogP contribution is 2.44. The first-order valence-corrected chi connectivity index (χ1v) is 12.0. The number of amides is 1. The Labute approximate surface area is 187 Å².